The fourth-order valence-corrected chi connectivity index (χ4v) is 7.94. The van der Waals surface area contributed by atoms with E-state index in [9.17, 15) is 33.9 Å². The first kappa shape index (κ1) is 61.7. The molecular formula is C52H79N11O12. The van der Waals surface area contributed by atoms with Gasteiger partial charge in [-0.15, -0.1) is 0 Å². The van der Waals surface area contributed by atoms with Crippen LogP contribution < -0.4 is 70.0 Å². The monoisotopic (exact) mass is 1050 g/mol. The SMILES string of the molecule is COC(=O)CC(CCCN=C(N)N)NC(=O)[C@@H](CCCCN)NC(=O)[C@@H](CCCN=C(N)N)NC(=O)CCCOc1cc2oc3cc(OCCCC(N)=O)c(OC)c(CC=C(C)C)c3c(=O)c2c(O)c1CC=C(C)C. The molecule has 75 heavy (non-hydrogen) atoms. The van der Waals surface area contributed by atoms with Gasteiger partial charge >= 0.3 is 5.97 Å². The van der Waals surface area contributed by atoms with Crippen LogP contribution in [0, 0.1) is 0 Å². The van der Waals surface area contributed by atoms with Gasteiger partial charge in [-0.05, 0) is 105 Å². The van der Waals surface area contributed by atoms with Gasteiger partial charge in [-0.1, -0.05) is 23.3 Å². The van der Waals surface area contributed by atoms with Crippen LogP contribution in [0.1, 0.15) is 116 Å². The maximum Gasteiger partial charge on any atom is 0.307 e. The summed E-state index contributed by atoms with van der Waals surface area (Å²) in [6.07, 6.45) is 7.04. The van der Waals surface area contributed by atoms with Crippen molar-refractivity contribution in [2.45, 2.75) is 136 Å². The van der Waals surface area contributed by atoms with Crippen LogP contribution in [0.3, 0.4) is 0 Å². The maximum atomic E-state index is 14.6. The average molecular weight is 1050 g/mol. The summed E-state index contributed by atoms with van der Waals surface area (Å²) in [5, 5.41) is 20.5. The van der Waals surface area contributed by atoms with Gasteiger partial charge in [0, 0.05) is 55.2 Å². The Bertz CT molecular complexity index is 2610. The molecule has 0 aliphatic rings. The van der Waals surface area contributed by atoms with Crippen LogP contribution in [0.15, 0.2) is 54.6 Å². The number of ether oxygens (including phenoxy) is 4. The molecule has 0 spiro atoms. The van der Waals surface area contributed by atoms with E-state index < -0.39 is 53.2 Å². The Morgan fingerprint density at radius 1 is 0.693 bits per heavy atom. The van der Waals surface area contributed by atoms with Crippen molar-refractivity contribution in [3.63, 3.8) is 0 Å². The number of nitrogens with zero attached hydrogens (tertiary/aromatic N) is 2. The number of benzene rings is 2. The number of fused-ring (bicyclic) bond motifs is 2. The minimum atomic E-state index is -1.11. The number of hydrogen-bond acceptors (Lipinski definition) is 15. The molecule has 1 heterocycles. The third-order valence-electron chi connectivity index (χ3n) is 11.7. The Morgan fingerprint density at radius 2 is 1.24 bits per heavy atom. The number of phenolic OH excluding ortho intramolecular Hbond substituents is 1. The minimum absolute atomic E-state index is 0.0307. The number of carbonyl (C=O) groups excluding carboxylic acids is 5. The average Bonchev–Trinajstić information content (AvgIpc) is 3.34. The zero-order valence-corrected chi connectivity index (χ0v) is 44.3. The molecule has 414 valence electrons. The first-order valence-corrected chi connectivity index (χ1v) is 25.1. The Morgan fingerprint density at radius 3 is 1.83 bits per heavy atom. The fourth-order valence-electron chi connectivity index (χ4n) is 7.94. The van der Waals surface area contributed by atoms with E-state index in [2.05, 4.69) is 25.9 Å². The third kappa shape index (κ3) is 20.7. The van der Waals surface area contributed by atoms with Gasteiger partial charge in [-0.3, -0.25) is 38.8 Å². The van der Waals surface area contributed by atoms with Crippen molar-refractivity contribution in [1.29, 1.82) is 0 Å². The highest BCUT2D eigenvalue weighted by Gasteiger charge is 2.29. The van der Waals surface area contributed by atoms with Crippen molar-refractivity contribution in [1.82, 2.24) is 16.0 Å². The van der Waals surface area contributed by atoms with E-state index in [-0.39, 0.29) is 129 Å². The number of carbonyl (C=O) groups is 5. The number of hydrogen-bond donors (Lipinski definition) is 10. The molecule has 3 atom stereocenters. The molecule has 0 fully saturated rings. The van der Waals surface area contributed by atoms with Crippen LogP contribution >= 0.6 is 0 Å². The number of aromatic hydroxyl groups is 1. The molecule has 3 aromatic rings. The lowest BCUT2D eigenvalue weighted by molar-refractivity contribution is -0.141. The molecule has 0 radical (unpaired) electrons. The molecule has 1 unspecified atom stereocenters. The van der Waals surface area contributed by atoms with Gasteiger partial charge in [0.25, 0.3) is 0 Å². The largest absolute Gasteiger partial charge is 0.507 e. The number of allylic oxidation sites excluding steroid dienone is 4. The zero-order valence-electron chi connectivity index (χ0n) is 44.3. The Labute approximate surface area is 437 Å². The summed E-state index contributed by atoms with van der Waals surface area (Å²) in [4.78, 5) is 87.6. The van der Waals surface area contributed by atoms with Gasteiger partial charge in [0.05, 0.1) is 39.2 Å². The van der Waals surface area contributed by atoms with Crippen LogP contribution in [-0.2, 0) is 41.6 Å². The van der Waals surface area contributed by atoms with Gasteiger partial charge in [-0.25, -0.2) is 0 Å². The van der Waals surface area contributed by atoms with Crippen molar-refractivity contribution in [3.05, 3.63) is 56.8 Å². The molecule has 16 N–H and O–H groups in total. The van der Waals surface area contributed by atoms with Crippen LogP contribution in [0.25, 0.3) is 21.9 Å². The van der Waals surface area contributed by atoms with Crippen LogP contribution in [0.5, 0.6) is 23.0 Å². The number of amides is 4. The standard InChI is InChI=1S/C52H79N11O12/c1-30(2)18-20-33-37(28-39-45(46(33)67)47(68)44-34(21-19-31(3)4)48(72-6)40(29-38(44)75-39)74-25-11-16-41(54)64)73-26-12-17-42(65)62-35(15-10-24-60-52(57)58)50(70)63-36(14-7-8-22-53)49(69)61-32(27-43(66)71-5)13-9-23-59-51(55)56/h18-19,28-29,32,35-36,67H,7-17,20-27,53H2,1-6H3,(H2,54,64)(H,61,69)(H,62,65)(H,63,70)(H4,55,56,59)(H4,57,58,60)/t32?,35-,36-/m1/s1. The van der Waals surface area contributed by atoms with Crippen LogP contribution in [-0.4, -0.2) is 112 Å². The topological polar surface area (TPSA) is 390 Å². The number of unbranched alkanes of at least 4 members (excludes halogenated alkanes) is 1. The van der Waals surface area contributed by atoms with Crippen molar-refractivity contribution in [2.75, 3.05) is 47.1 Å². The molecule has 1 aromatic heterocycles. The number of nitrogens with one attached hydrogen (secondary N) is 3. The Hall–Kier alpha value is -7.56. The maximum absolute atomic E-state index is 14.6. The van der Waals surface area contributed by atoms with Gasteiger partial charge in [0.2, 0.25) is 29.1 Å². The van der Waals surface area contributed by atoms with Gasteiger partial charge in [0.1, 0.15) is 40.1 Å². The number of methoxy groups -OCH3 is 2. The molecule has 23 heteroatoms. The summed E-state index contributed by atoms with van der Waals surface area (Å²) >= 11 is 0. The number of rotatable bonds is 34. The fraction of sp³-hybridized carbons (Fsp3) is 0.538. The molecule has 0 saturated heterocycles. The smallest absolute Gasteiger partial charge is 0.307 e. The van der Waals surface area contributed by atoms with E-state index in [1.54, 1.807) is 0 Å². The molecule has 0 aliphatic carbocycles. The summed E-state index contributed by atoms with van der Waals surface area (Å²) < 4.78 is 29.3. The minimum Gasteiger partial charge on any atom is -0.507 e. The molecule has 23 nitrogen and oxygen atoms in total. The molecule has 4 amide bonds. The molecule has 3 rings (SSSR count). The highest BCUT2D eigenvalue weighted by atomic mass is 16.5. The van der Waals surface area contributed by atoms with Crippen LogP contribution in [0.4, 0.5) is 0 Å². The summed E-state index contributed by atoms with van der Waals surface area (Å²) in [6.45, 7) is 8.49. The van der Waals surface area contributed by atoms with E-state index >= 15 is 0 Å². The number of phenols is 1. The van der Waals surface area contributed by atoms with Crippen molar-refractivity contribution < 1.29 is 52.4 Å². The van der Waals surface area contributed by atoms with Crippen LogP contribution in [0.2, 0.25) is 0 Å². The second-order valence-electron chi connectivity index (χ2n) is 18.5. The van der Waals surface area contributed by atoms with E-state index in [1.165, 1.54) is 26.4 Å². The molecule has 0 saturated carbocycles. The lowest BCUT2D eigenvalue weighted by Gasteiger charge is -2.25. The number of guanidine groups is 2. The first-order chi connectivity index (χ1) is 35.7. The van der Waals surface area contributed by atoms with E-state index in [4.69, 9.17) is 57.8 Å². The normalized spacial score (nSPS) is 12.1. The molecular weight excluding hydrogens is 971 g/mol. The predicted octanol–water partition coefficient (Wildman–Crippen LogP) is 2.73. The summed E-state index contributed by atoms with van der Waals surface area (Å²) in [6, 6.07) is 0.224. The van der Waals surface area contributed by atoms with Gasteiger partial charge < -0.3 is 78.8 Å². The molecule has 0 aliphatic heterocycles. The Kier molecular flexibility index (Phi) is 26.3. The van der Waals surface area contributed by atoms with Crippen molar-refractivity contribution >= 4 is 63.5 Å². The zero-order chi connectivity index (χ0) is 55.6. The second kappa shape index (κ2) is 31.9. The second-order valence-corrected chi connectivity index (χ2v) is 18.5. The van der Waals surface area contributed by atoms with Gasteiger partial charge in [0.15, 0.2) is 23.4 Å². The summed E-state index contributed by atoms with van der Waals surface area (Å²) in [5.41, 5.74) is 35.4. The first-order valence-electron chi connectivity index (χ1n) is 25.1. The van der Waals surface area contributed by atoms with Gasteiger partial charge in [-0.2, -0.15) is 0 Å². The summed E-state index contributed by atoms with van der Waals surface area (Å²) in [7, 11) is 2.70. The lowest BCUT2D eigenvalue weighted by Crippen LogP contribution is -2.55. The van der Waals surface area contributed by atoms with E-state index in [0.717, 1.165) is 11.1 Å². The quantitative estimate of drug-likeness (QED) is 0.0103. The highest BCUT2D eigenvalue weighted by Crippen LogP contribution is 2.42. The molecule has 0 bridgehead atoms. The number of primary amides is 1. The number of aliphatic imine (C=N–C) groups is 2. The molecule has 2 aromatic carbocycles. The van der Waals surface area contributed by atoms with Crippen molar-refractivity contribution in [3.8, 4) is 23.0 Å². The number of nitrogens with two attached hydrogens (primary N) is 6. The lowest BCUT2D eigenvalue weighted by atomic mass is 9.98. The highest BCUT2D eigenvalue weighted by molar-refractivity contribution is 5.98. The van der Waals surface area contributed by atoms with E-state index in [1.807, 2.05) is 39.8 Å². The van der Waals surface area contributed by atoms with E-state index in [0.29, 0.717) is 61.9 Å². The number of esters is 1. The summed E-state index contributed by atoms with van der Waals surface area (Å²) in [5.74, 6) is -2.49. The Balaban J connectivity index is 1.93. The third-order valence-corrected chi connectivity index (χ3v) is 11.7. The predicted molar refractivity (Wildman–Crippen MR) is 288 cm³/mol. The van der Waals surface area contributed by atoms with Crippen molar-refractivity contribution in [2.24, 2.45) is 44.4 Å².